The van der Waals surface area contributed by atoms with Gasteiger partial charge >= 0.3 is 0 Å². The molecule has 2 aromatic carbocycles. The molecule has 3 aliphatic rings. The van der Waals surface area contributed by atoms with Gasteiger partial charge in [0.2, 0.25) is 0 Å². The Labute approximate surface area is 148 Å². The van der Waals surface area contributed by atoms with Crippen molar-refractivity contribution in [1.29, 1.82) is 0 Å². The summed E-state index contributed by atoms with van der Waals surface area (Å²) in [5.41, 5.74) is 4.57. The molecule has 0 amide bonds. The average Bonchev–Trinajstić information content (AvgIpc) is 3.20. The molecule has 1 aromatic heterocycles. The Morgan fingerprint density at radius 2 is 1.48 bits per heavy atom. The first kappa shape index (κ1) is 14.8. The van der Waals surface area contributed by atoms with Gasteiger partial charge in [-0.15, -0.1) is 5.10 Å². The first-order valence-corrected chi connectivity index (χ1v) is 9.17. The van der Waals surface area contributed by atoms with E-state index in [1.807, 2.05) is 6.07 Å². The number of benzene rings is 2. The van der Waals surface area contributed by atoms with Crippen LogP contribution in [0.4, 0.5) is 0 Å². The van der Waals surface area contributed by atoms with Crippen molar-refractivity contribution in [2.24, 2.45) is 5.92 Å². The van der Waals surface area contributed by atoms with E-state index in [0.717, 1.165) is 23.7 Å². The molecule has 0 spiro atoms. The van der Waals surface area contributed by atoms with Crippen LogP contribution in [0.2, 0.25) is 0 Å². The van der Waals surface area contributed by atoms with Crippen LogP contribution in [0, 0.1) is 5.92 Å². The minimum Gasteiger partial charge on any atom is -0.301 e. The van der Waals surface area contributed by atoms with E-state index in [1.165, 1.54) is 37.1 Å². The van der Waals surface area contributed by atoms with Crippen LogP contribution >= 0.6 is 0 Å². The highest BCUT2D eigenvalue weighted by atomic mass is 15.4. The lowest BCUT2D eigenvalue weighted by molar-refractivity contribution is 0.0504. The van der Waals surface area contributed by atoms with Gasteiger partial charge in [0.15, 0.2) is 0 Å². The number of nitrogens with zero attached hydrogens (tertiary/aromatic N) is 4. The lowest BCUT2D eigenvalue weighted by Gasteiger charge is -2.44. The van der Waals surface area contributed by atoms with Gasteiger partial charge < -0.3 is 4.90 Å². The van der Waals surface area contributed by atoms with Crippen molar-refractivity contribution in [2.45, 2.75) is 18.9 Å². The zero-order valence-corrected chi connectivity index (χ0v) is 14.3. The van der Waals surface area contributed by atoms with Crippen LogP contribution < -0.4 is 0 Å². The Morgan fingerprint density at radius 1 is 0.800 bits per heavy atom. The summed E-state index contributed by atoms with van der Waals surface area (Å²) in [5.74, 6) is 0.764. The molecule has 4 heteroatoms. The van der Waals surface area contributed by atoms with Gasteiger partial charge in [-0.3, -0.25) is 0 Å². The van der Waals surface area contributed by atoms with Crippen molar-refractivity contribution in [3.05, 3.63) is 60.8 Å². The van der Waals surface area contributed by atoms with Gasteiger partial charge in [0.25, 0.3) is 0 Å². The lowest BCUT2D eigenvalue weighted by atomic mass is 9.84. The molecule has 0 aliphatic carbocycles. The molecule has 126 valence electrons. The third-order valence-electron chi connectivity index (χ3n) is 5.76. The van der Waals surface area contributed by atoms with Crippen LogP contribution in [0.5, 0.6) is 0 Å². The minimum absolute atomic E-state index is 0.493. The normalized spacial score (nSPS) is 25.2. The van der Waals surface area contributed by atoms with Crippen LogP contribution in [0.1, 0.15) is 18.9 Å². The fourth-order valence-corrected chi connectivity index (χ4v) is 4.27. The van der Waals surface area contributed by atoms with Crippen molar-refractivity contribution in [3.63, 3.8) is 0 Å². The Balaban J connectivity index is 1.38. The van der Waals surface area contributed by atoms with E-state index >= 15 is 0 Å². The van der Waals surface area contributed by atoms with Crippen LogP contribution in [-0.4, -0.2) is 39.5 Å². The van der Waals surface area contributed by atoms with Crippen molar-refractivity contribution in [3.8, 4) is 22.4 Å². The molecular weight excluding hydrogens is 308 g/mol. The Hall–Kier alpha value is -2.46. The van der Waals surface area contributed by atoms with Gasteiger partial charge in [-0.2, -0.15) is 0 Å². The summed E-state index contributed by atoms with van der Waals surface area (Å²) in [5, 5.41) is 8.90. The molecule has 6 rings (SSSR count). The molecule has 3 aliphatic heterocycles. The van der Waals surface area contributed by atoms with Gasteiger partial charge in [-0.05, 0) is 43.0 Å². The van der Waals surface area contributed by atoms with E-state index in [1.54, 1.807) is 0 Å². The third kappa shape index (κ3) is 2.76. The largest absolute Gasteiger partial charge is 0.301 e. The Bertz CT molecular complexity index is 845. The topological polar surface area (TPSA) is 34.0 Å². The molecule has 0 radical (unpaired) electrons. The second-order valence-electron chi connectivity index (χ2n) is 7.23. The molecule has 1 unspecified atom stereocenters. The predicted molar refractivity (Wildman–Crippen MR) is 99.1 cm³/mol. The number of rotatable bonds is 3. The highest BCUT2D eigenvalue weighted by Gasteiger charge is 2.35. The van der Waals surface area contributed by atoms with E-state index in [-0.39, 0.29) is 0 Å². The molecule has 3 fully saturated rings. The second kappa shape index (κ2) is 6.12. The van der Waals surface area contributed by atoms with E-state index in [9.17, 15) is 0 Å². The summed E-state index contributed by atoms with van der Waals surface area (Å²) in [4.78, 5) is 2.56. The SMILES string of the molecule is c1ccc(-c2ccc(-c3cn(C4CN5CCC4CC5)nn3)cc2)cc1. The molecule has 4 nitrogen and oxygen atoms in total. The number of hydrogen-bond acceptors (Lipinski definition) is 3. The van der Waals surface area contributed by atoms with Crippen LogP contribution in [0.3, 0.4) is 0 Å². The predicted octanol–water partition coefficient (Wildman–Crippen LogP) is 3.88. The van der Waals surface area contributed by atoms with Crippen molar-refractivity contribution in [1.82, 2.24) is 19.9 Å². The van der Waals surface area contributed by atoms with Gasteiger partial charge in [-0.1, -0.05) is 59.8 Å². The van der Waals surface area contributed by atoms with Crippen molar-refractivity contribution >= 4 is 0 Å². The quantitative estimate of drug-likeness (QED) is 0.731. The van der Waals surface area contributed by atoms with Crippen molar-refractivity contribution in [2.75, 3.05) is 19.6 Å². The number of fused-ring (bicyclic) bond motifs is 3. The fourth-order valence-electron chi connectivity index (χ4n) is 4.27. The van der Waals surface area contributed by atoms with Gasteiger partial charge in [-0.25, -0.2) is 4.68 Å². The molecule has 2 bridgehead atoms. The molecule has 0 saturated carbocycles. The van der Waals surface area contributed by atoms with Crippen LogP contribution in [-0.2, 0) is 0 Å². The first-order chi connectivity index (χ1) is 12.4. The molecule has 3 aromatic rings. The third-order valence-corrected chi connectivity index (χ3v) is 5.76. The maximum absolute atomic E-state index is 4.46. The molecule has 3 saturated heterocycles. The van der Waals surface area contributed by atoms with E-state index in [2.05, 4.69) is 74.6 Å². The molecule has 4 heterocycles. The highest BCUT2D eigenvalue weighted by molar-refractivity contribution is 5.68. The zero-order chi connectivity index (χ0) is 16.6. The summed E-state index contributed by atoms with van der Waals surface area (Å²) < 4.78 is 2.11. The average molecular weight is 330 g/mol. The summed E-state index contributed by atoms with van der Waals surface area (Å²) in [6, 6.07) is 19.6. The molecule has 0 N–H and O–H groups in total. The highest BCUT2D eigenvalue weighted by Crippen LogP contribution is 2.35. The maximum atomic E-state index is 4.46. The van der Waals surface area contributed by atoms with Crippen LogP contribution in [0.15, 0.2) is 60.8 Å². The summed E-state index contributed by atoms with van der Waals surface area (Å²) in [6.45, 7) is 3.63. The Morgan fingerprint density at radius 3 is 2.16 bits per heavy atom. The lowest BCUT2D eigenvalue weighted by Crippen LogP contribution is -2.48. The standard InChI is InChI=1S/C21H22N4/c1-2-4-16(5-3-1)17-6-8-18(9-7-17)20-14-25(23-22-20)21-15-24-12-10-19(21)11-13-24/h1-9,14,19,21H,10-13,15H2. The van der Waals surface area contributed by atoms with E-state index < -0.39 is 0 Å². The molecule has 1 atom stereocenters. The van der Waals surface area contributed by atoms with E-state index in [4.69, 9.17) is 0 Å². The molecule has 25 heavy (non-hydrogen) atoms. The number of piperidine rings is 3. The zero-order valence-electron chi connectivity index (χ0n) is 14.3. The van der Waals surface area contributed by atoms with Crippen molar-refractivity contribution < 1.29 is 0 Å². The van der Waals surface area contributed by atoms with E-state index in [0.29, 0.717) is 6.04 Å². The fraction of sp³-hybridized carbons (Fsp3) is 0.333. The smallest absolute Gasteiger partial charge is 0.113 e. The second-order valence-corrected chi connectivity index (χ2v) is 7.23. The summed E-state index contributed by atoms with van der Waals surface area (Å²) >= 11 is 0. The Kier molecular flexibility index (Phi) is 3.63. The summed E-state index contributed by atoms with van der Waals surface area (Å²) in [6.07, 6.45) is 4.72. The monoisotopic (exact) mass is 330 g/mol. The summed E-state index contributed by atoms with van der Waals surface area (Å²) in [7, 11) is 0. The van der Waals surface area contributed by atoms with Crippen LogP contribution in [0.25, 0.3) is 22.4 Å². The van der Waals surface area contributed by atoms with Gasteiger partial charge in [0, 0.05) is 12.1 Å². The van der Waals surface area contributed by atoms with Gasteiger partial charge in [0.1, 0.15) is 5.69 Å². The molecular formula is C21H22N4. The number of hydrogen-bond donors (Lipinski definition) is 0. The number of aromatic nitrogens is 3. The van der Waals surface area contributed by atoms with Gasteiger partial charge in [0.05, 0.1) is 12.2 Å². The maximum Gasteiger partial charge on any atom is 0.113 e. The minimum atomic E-state index is 0.493. The first-order valence-electron chi connectivity index (χ1n) is 9.17.